The van der Waals surface area contributed by atoms with Crippen molar-refractivity contribution in [3.05, 3.63) is 33.6 Å². The highest BCUT2D eigenvalue weighted by Gasteiger charge is 2.56. The van der Waals surface area contributed by atoms with E-state index < -0.39 is 31.0 Å². The number of primary amides is 1. The Labute approximate surface area is 172 Å². The highest BCUT2D eigenvalue weighted by atomic mass is 28.4. The molecule has 3 atom stereocenters. The number of carbonyl (C=O) groups is 1. The Hall–Kier alpha value is -2.04. The van der Waals surface area contributed by atoms with Crippen molar-refractivity contribution in [1.29, 1.82) is 0 Å². The minimum Gasteiger partial charge on any atom is -0.434 e. The molecule has 9 nitrogen and oxygen atoms in total. The number of carbonyl (C=O) groups excluding carboxylic acids is 1. The molecule has 1 aromatic rings. The van der Waals surface area contributed by atoms with Crippen molar-refractivity contribution in [1.82, 2.24) is 10.3 Å². The number of piperidine rings is 1. The molecule has 0 saturated carbocycles. The molecule has 0 aliphatic carbocycles. The number of aryl methyl sites for hydroxylation is 1. The topological polar surface area (TPSA) is 130 Å². The fourth-order valence-corrected chi connectivity index (χ4v) is 5.06. The average Bonchev–Trinajstić information content (AvgIpc) is 2.56. The van der Waals surface area contributed by atoms with E-state index >= 15 is 0 Å². The maximum atomic E-state index is 12.0. The lowest BCUT2D eigenvalue weighted by molar-refractivity contribution is -0.387. The standard InChI is InChI=1S/C19H32N4O5Si/c1-12-8-21-10-14(23(25)26)15(12)19(27-17(20)24)11-22-9-13(2)16(19)28-29(6,7)18(3,4)5/h8,10,13,16,22H,9,11H2,1-7H3,(H2,20,24)/t13-,16+,19-/m0/s1. The SMILES string of the molecule is Cc1cncc([N+](=O)[O-])c1[C@@]1(OC(N)=O)CNC[C@H](C)[C@H]1O[Si](C)(C)C(C)(C)C. The summed E-state index contributed by atoms with van der Waals surface area (Å²) in [5.74, 6) is -0.0793. The third kappa shape index (κ3) is 4.44. The number of aromatic nitrogens is 1. The minimum absolute atomic E-state index is 0.0793. The van der Waals surface area contributed by atoms with Gasteiger partial charge in [-0.1, -0.05) is 27.7 Å². The molecule has 0 bridgehead atoms. The summed E-state index contributed by atoms with van der Waals surface area (Å²) in [6, 6.07) is 0. The van der Waals surface area contributed by atoms with E-state index in [1.807, 2.05) is 6.92 Å². The van der Waals surface area contributed by atoms with Crippen LogP contribution >= 0.6 is 0 Å². The first kappa shape index (κ1) is 23.2. The van der Waals surface area contributed by atoms with Gasteiger partial charge >= 0.3 is 6.09 Å². The summed E-state index contributed by atoms with van der Waals surface area (Å²) >= 11 is 0. The summed E-state index contributed by atoms with van der Waals surface area (Å²) in [4.78, 5) is 27.3. The van der Waals surface area contributed by atoms with E-state index in [9.17, 15) is 14.9 Å². The number of nitrogens with one attached hydrogen (secondary N) is 1. The summed E-state index contributed by atoms with van der Waals surface area (Å²) in [5, 5.41) is 15.0. The fourth-order valence-electron chi connectivity index (χ4n) is 3.65. The fraction of sp³-hybridized carbons (Fsp3) is 0.684. The van der Waals surface area contributed by atoms with Crippen molar-refractivity contribution in [3.8, 4) is 0 Å². The van der Waals surface area contributed by atoms with E-state index in [4.69, 9.17) is 14.9 Å². The van der Waals surface area contributed by atoms with Crippen molar-refractivity contribution in [2.75, 3.05) is 13.1 Å². The van der Waals surface area contributed by atoms with Crippen molar-refractivity contribution >= 4 is 20.1 Å². The van der Waals surface area contributed by atoms with Gasteiger partial charge in [0, 0.05) is 19.3 Å². The minimum atomic E-state index is -2.31. The lowest BCUT2D eigenvalue weighted by atomic mass is 9.77. The van der Waals surface area contributed by atoms with Gasteiger partial charge in [0.05, 0.1) is 16.6 Å². The zero-order chi connectivity index (χ0) is 22.2. The molecule has 2 heterocycles. The first-order valence-electron chi connectivity index (χ1n) is 9.69. The summed E-state index contributed by atoms with van der Waals surface area (Å²) in [5.41, 5.74) is 4.63. The van der Waals surface area contributed by atoms with E-state index in [-0.39, 0.29) is 28.8 Å². The van der Waals surface area contributed by atoms with Gasteiger partial charge in [0.15, 0.2) is 13.9 Å². The Morgan fingerprint density at radius 3 is 2.55 bits per heavy atom. The lowest BCUT2D eigenvalue weighted by Crippen LogP contribution is -2.64. The number of nitro groups is 1. The molecule has 0 aromatic carbocycles. The van der Waals surface area contributed by atoms with Crippen LogP contribution in [-0.2, 0) is 14.8 Å². The van der Waals surface area contributed by atoms with E-state index in [0.717, 1.165) is 0 Å². The molecule has 10 heteroatoms. The van der Waals surface area contributed by atoms with E-state index in [2.05, 4.69) is 44.2 Å². The molecule has 29 heavy (non-hydrogen) atoms. The second-order valence-corrected chi connectivity index (χ2v) is 14.1. The first-order chi connectivity index (χ1) is 13.2. The van der Waals surface area contributed by atoms with Crippen LogP contribution in [0.1, 0.15) is 38.8 Å². The number of nitrogens with two attached hydrogens (primary N) is 1. The number of pyridine rings is 1. The molecule has 0 radical (unpaired) electrons. The zero-order valence-electron chi connectivity index (χ0n) is 18.2. The van der Waals surface area contributed by atoms with Gasteiger partial charge in [0.1, 0.15) is 6.20 Å². The quantitative estimate of drug-likeness (QED) is 0.421. The number of rotatable bonds is 5. The Balaban J connectivity index is 2.76. The largest absolute Gasteiger partial charge is 0.434 e. The van der Waals surface area contributed by atoms with E-state index in [0.29, 0.717) is 12.1 Å². The third-order valence-corrected chi connectivity index (χ3v) is 10.5. The van der Waals surface area contributed by atoms with Gasteiger partial charge in [0.25, 0.3) is 5.69 Å². The molecule has 1 saturated heterocycles. The monoisotopic (exact) mass is 424 g/mol. The number of hydrogen-bond donors (Lipinski definition) is 2. The average molecular weight is 425 g/mol. The summed E-state index contributed by atoms with van der Waals surface area (Å²) in [6.07, 6.45) is 1.10. The molecule has 0 unspecified atom stereocenters. The molecule has 1 aliphatic rings. The summed E-state index contributed by atoms with van der Waals surface area (Å²) in [6.45, 7) is 15.0. The van der Waals surface area contributed by atoms with Crippen LogP contribution in [0, 0.1) is 23.0 Å². The number of nitrogens with zero attached hydrogens (tertiary/aromatic N) is 2. The highest BCUT2D eigenvalue weighted by Crippen LogP contribution is 2.46. The van der Waals surface area contributed by atoms with E-state index in [1.54, 1.807) is 6.92 Å². The highest BCUT2D eigenvalue weighted by molar-refractivity contribution is 6.74. The molecular formula is C19H32N4O5Si. The predicted octanol–water partition coefficient (Wildman–Crippen LogP) is 3.22. The molecule has 1 amide bonds. The Morgan fingerprint density at radius 1 is 1.41 bits per heavy atom. The van der Waals surface area contributed by atoms with Crippen LogP contribution in [-0.4, -0.2) is 43.5 Å². The van der Waals surface area contributed by atoms with Crippen molar-refractivity contribution < 1.29 is 18.9 Å². The van der Waals surface area contributed by atoms with Gasteiger partial charge in [0.2, 0.25) is 0 Å². The Kier molecular flexibility index (Phi) is 6.41. The van der Waals surface area contributed by atoms with Crippen LogP contribution < -0.4 is 11.1 Å². The number of ether oxygens (including phenoxy) is 1. The van der Waals surface area contributed by atoms with Crippen LogP contribution in [0.5, 0.6) is 0 Å². The lowest BCUT2D eigenvalue weighted by Gasteiger charge is -2.50. The Morgan fingerprint density at radius 2 is 2.03 bits per heavy atom. The van der Waals surface area contributed by atoms with E-state index in [1.165, 1.54) is 12.4 Å². The molecule has 162 valence electrons. The normalized spacial score (nSPS) is 25.5. The molecule has 1 aliphatic heterocycles. The molecule has 2 rings (SSSR count). The van der Waals surface area contributed by atoms with Gasteiger partial charge in [-0.25, -0.2) is 4.79 Å². The van der Waals surface area contributed by atoms with Crippen LogP contribution in [0.4, 0.5) is 10.5 Å². The van der Waals surface area contributed by atoms with Crippen LogP contribution in [0.15, 0.2) is 12.4 Å². The Bertz CT molecular complexity index is 795. The third-order valence-electron chi connectivity index (χ3n) is 6.08. The second kappa shape index (κ2) is 8.00. The molecule has 3 N–H and O–H groups in total. The van der Waals surface area contributed by atoms with Crippen LogP contribution in [0.25, 0.3) is 0 Å². The van der Waals surface area contributed by atoms with Crippen molar-refractivity contribution in [2.45, 2.75) is 64.5 Å². The molecular weight excluding hydrogens is 392 g/mol. The molecule has 1 fully saturated rings. The van der Waals surface area contributed by atoms with Gasteiger partial charge in [-0.05, 0) is 36.5 Å². The molecule has 0 spiro atoms. The summed E-state index contributed by atoms with van der Waals surface area (Å²) in [7, 11) is -2.31. The predicted molar refractivity (Wildman–Crippen MR) is 112 cm³/mol. The van der Waals surface area contributed by atoms with Gasteiger partial charge in [-0.2, -0.15) is 0 Å². The molecule has 1 aromatic heterocycles. The van der Waals surface area contributed by atoms with Gasteiger partial charge < -0.3 is 20.2 Å². The number of hydrogen-bond acceptors (Lipinski definition) is 7. The first-order valence-corrected chi connectivity index (χ1v) is 12.6. The maximum absolute atomic E-state index is 12.0. The second-order valence-electron chi connectivity index (χ2n) is 9.33. The van der Waals surface area contributed by atoms with Gasteiger partial charge in [-0.15, -0.1) is 0 Å². The zero-order valence-corrected chi connectivity index (χ0v) is 19.2. The smallest absolute Gasteiger partial charge is 0.405 e. The summed E-state index contributed by atoms with van der Waals surface area (Å²) < 4.78 is 12.5. The van der Waals surface area contributed by atoms with Gasteiger partial charge in [-0.3, -0.25) is 15.1 Å². The number of amides is 1. The maximum Gasteiger partial charge on any atom is 0.405 e. The van der Waals surface area contributed by atoms with Crippen molar-refractivity contribution in [3.63, 3.8) is 0 Å². The van der Waals surface area contributed by atoms with Crippen LogP contribution in [0.2, 0.25) is 18.1 Å². The van der Waals surface area contributed by atoms with Crippen molar-refractivity contribution in [2.24, 2.45) is 11.7 Å². The van der Waals surface area contributed by atoms with Crippen LogP contribution in [0.3, 0.4) is 0 Å².